The van der Waals surface area contributed by atoms with E-state index in [2.05, 4.69) is 15.2 Å². The molecule has 180 valence electrons. The van der Waals surface area contributed by atoms with Crippen molar-refractivity contribution in [1.29, 1.82) is 5.26 Å². The molecule has 1 aliphatic heterocycles. The van der Waals surface area contributed by atoms with E-state index in [1.807, 2.05) is 73.6 Å². The van der Waals surface area contributed by atoms with Gasteiger partial charge in [-0.2, -0.15) is 28.3 Å². The maximum absolute atomic E-state index is 13.7. The summed E-state index contributed by atoms with van der Waals surface area (Å²) in [5.41, 5.74) is 4.58. The second-order valence-electron chi connectivity index (χ2n) is 8.55. The van der Waals surface area contributed by atoms with Gasteiger partial charge >= 0.3 is 0 Å². The first-order valence-corrected chi connectivity index (χ1v) is 12.7. The zero-order chi connectivity index (χ0) is 25.3. The standard InChI is InChI=1S/C26H23N7O2S/c1-31(2)22-9-7-21(8-10-22)26-15-25(20-5-11-23(12-6-20)32-18-28-17-29-32)30-33(26)36(34,35)24-13-3-19(16-27)4-14-24/h3-14,17-18,26H,15H2,1-2H3. The number of benzene rings is 3. The summed E-state index contributed by atoms with van der Waals surface area (Å²) in [6.07, 6.45) is 3.49. The number of hydrogen-bond acceptors (Lipinski definition) is 7. The Kier molecular flexibility index (Phi) is 6.00. The van der Waals surface area contributed by atoms with E-state index < -0.39 is 16.1 Å². The highest BCUT2D eigenvalue weighted by molar-refractivity contribution is 7.89. The van der Waals surface area contributed by atoms with Crippen LogP contribution >= 0.6 is 0 Å². The molecule has 0 fully saturated rings. The second-order valence-corrected chi connectivity index (χ2v) is 10.3. The highest BCUT2D eigenvalue weighted by Crippen LogP contribution is 2.37. The van der Waals surface area contributed by atoms with Gasteiger partial charge in [-0.15, -0.1) is 0 Å². The Balaban J connectivity index is 1.53. The molecule has 3 aromatic carbocycles. The van der Waals surface area contributed by atoms with Crippen molar-refractivity contribution in [3.05, 3.63) is 102 Å². The van der Waals surface area contributed by atoms with E-state index in [0.717, 1.165) is 22.5 Å². The molecule has 9 nitrogen and oxygen atoms in total. The number of nitriles is 1. The van der Waals surface area contributed by atoms with E-state index in [4.69, 9.17) is 5.26 Å². The second kappa shape index (κ2) is 9.28. The molecule has 1 unspecified atom stereocenters. The summed E-state index contributed by atoms with van der Waals surface area (Å²) < 4.78 is 30.2. The minimum absolute atomic E-state index is 0.0861. The van der Waals surface area contributed by atoms with Crippen molar-refractivity contribution in [3.8, 4) is 11.8 Å². The van der Waals surface area contributed by atoms with Gasteiger partial charge in [-0.3, -0.25) is 0 Å². The summed E-state index contributed by atoms with van der Waals surface area (Å²) in [4.78, 5) is 6.04. The SMILES string of the molecule is CN(C)c1ccc(C2CC(c3ccc(-n4cncn4)cc3)=NN2S(=O)(=O)c2ccc(C#N)cc2)cc1. The van der Waals surface area contributed by atoms with Crippen molar-refractivity contribution in [2.45, 2.75) is 17.4 Å². The molecule has 4 aromatic rings. The summed E-state index contributed by atoms with van der Waals surface area (Å²) >= 11 is 0. The van der Waals surface area contributed by atoms with Gasteiger partial charge in [-0.25, -0.2) is 9.67 Å². The predicted molar refractivity (Wildman–Crippen MR) is 136 cm³/mol. The third-order valence-corrected chi connectivity index (χ3v) is 7.77. The van der Waals surface area contributed by atoms with Gasteiger partial charge < -0.3 is 4.90 Å². The van der Waals surface area contributed by atoms with Crippen molar-refractivity contribution in [1.82, 2.24) is 19.2 Å². The molecule has 0 bridgehead atoms. The Morgan fingerprint density at radius 1 is 0.972 bits per heavy atom. The van der Waals surface area contributed by atoms with Gasteiger partial charge in [-0.1, -0.05) is 24.3 Å². The Morgan fingerprint density at radius 3 is 2.25 bits per heavy atom. The smallest absolute Gasteiger partial charge is 0.279 e. The van der Waals surface area contributed by atoms with Crippen LogP contribution in [0.2, 0.25) is 0 Å². The van der Waals surface area contributed by atoms with Gasteiger partial charge in [0.25, 0.3) is 10.0 Å². The third kappa shape index (κ3) is 4.32. The molecule has 1 atom stereocenters. The van der Waals surface area contributed by atoms with Crippen molar-refractivity contribution in [2.75, 3.05) is 19.0 Å². The fourth-order valence-electron chi connectivity index (χ4n) is 4.09. The molecule has 0 aliphatic carbocycles. The lowest BCUT2D eigenvalue weighted by Gasteiger charge is -2.24. The van der Waals surface area contributed by atoms with Crippen molar-refractivity contribution >= 4 is 21.4 Å². The van der Waals surface area contributed by atoms with Crippen LogP contribution < -0.4 is 4.90 Å². The molecule has 0 spiro atoms. The normalized spacial score (nSPS) is 15.4. The summed E-state index contributed by atoms with van der Waals surface area (Å²) in [6, 6.07) is 22.8. The topological polar surface area (TPSA) is 107 Å². The number of sulfonamides is 1. The first kappa shape index (κ1) is 23.3. The number of hydrogen-bond donors (Lipinski definition) is 0. The van der Waals surface area contributed by atoms with Crippen molar-refractivity contribution in [3.63, 3.8) is 0 Å². The van der Waals surface area contributed by atoms with Crippen LogP contribution in [0.3, 0.4) is 0 Å². The lowest BCUT2D eigenvalue weighted by atomic mass is 9.99. The van der Waals surface area contributed by atoms with Crippen LogP contribution in [0.1, 0.15) is 29.2 Å². The minimum Gasteiger partial charge on any atom is -0.378 e. The predicted octanol–water partition coefficient (Wildman–Crippen LogP) is 3.74. The van der Waals surface area contributed by atoms with Gasteiger partial charge in [0, 0.05) is 26.2 Å². The van der Waals surface area contributed by atoms with Crippen LogP contribution in [-0.4, -0.2) is 47.4 Å². The van der Waals surface area contributed by atoms with E-state index in [1.54, 1.807) is 11.0 Å². The maximum atomic E-state index is 13.7. The Hall–Kier alpha value is -4.49. The number of hydrazone groups is 1. The molecular formula is C26H23N7O2S. The molecule has 10 heteroatoms. The summed E-state index contributed by atoms with van der Waals surface area (Å²) in [6.45, 7) is 0. The zero-order valence-electron chi connectivity index (χ0n) is 19.7. The molecule has 2 heterocycles. The highest BCUT2D eigenvalue weighted by atomic mass is 32.2. The van der Waals surface area contributed by atoms with E-state index in [1.165, 1.54) is 35.0 Å². The molecular weight excluding hydrogens is 474 g/mol. The van der Waals surface area contributed by atoms with Gasteiger partial charge in [0.05, 0.1) is 34.0 Å². The molecule has 5 rings (SSSR count). The fourth-order valence-corrected chi connectivity index (χ4v) is 5.52. The van der Waals surface area contributed by atoms with Gasteiger partial charge in [0.2, 0.25) is 0 Å². The summed E-state index contributed by atoms with van der Waals surface area (Å²) in [7, 11) is -0.0588. The Morgan fingerprint density at radius 2 is 1.67 bits per heavy atom. The average molecular weight is 498 g/mol. The van der Waals surface area contributed by atoms with Crippen molar-refractivity contribution in [2.24, 2.45) is 5.10 Å². The number of rotatable bonds is 6. The van der Waals surface area contributed by atoms with Crippen molar-refractivity contribution < 1.29 is 8.42 Å². The minimum atomic E-state index is -3.97. The molecule has 1 aliphatic rings. The van der Waals surface area contributed by atoms with Gasteiger partial charge in [0.1, 0.15) is 12.7 Å². The van der Waals surface area contributed by atoms with Crippen LogP contribution in [0.25, 0.3) is 5.69 Å². The fraction of sp³-hybridized carbons (Fsp3) is 0.154. The lowest BCUT2D eigenvalue weighted by molar-refractivity contribution is 0.371. The monoisotopic (exact) mass is 497 g/mol. The van der Waals surface area contributed by atoms with E-state index in [0.29, 0.717) is 17.7 Å². The Labute approximate surface area is 209 Å². The van der Waals surface area contributed by atoms with Gasteiger partial charge in [-0.05, 0) is 59.7 Å². The van der Waals surface area contributed by atoms with Gasteiger partial charge in [0.15, 0.2) is 0 Å². The summed E-state index contributed by atoms with van der Waals surface area (Å²) in [5.74, 6) is 0. The molecule has 0 radical (unpaired) electrons. The first-order chi connectivity index (χ1) is 17.4. The number of nitrogens with zero attached hydrogens (tertiary/aromatic N) is 7. The molecule has 1 aromatic heterocycles. The molecule has 0 amide bonds. The van der Waals surface area contributed by atoms with Crippen LogP contribution in [0.4, 0.5) is 5.69 Å². The molecule has 36 heavy (non-hydrogen) atoms. The van der Waals surface area contributed by atoms with E-state index in [-0.39, 0.29) is 4.90 Å². The number of aromatic nitrogens is 3. The molecule has 0 N–H and O–H groups in total. The van der Waals surface area contributed by atoms with E-state index >= 15 is 0 Å². The van der Waals surface area contributed by atoms with Crippen LogP contribution in [0.5, 0.6) is 0 Å². The molecule has 0 saturated carbocycles. The Bertz CT molecular complexity index is 1540. The average Bonchev–Trinajstić information content (AvgIpc) is 3.60. The molecule has 0 saturated heterocycles. The lowest BCUT2D eigenvalue weighted by Crippen LogP contribution is -2.27. The summed E-state index contributed by atoms with van der Waals surface area (Å²) in [5, 5.41) is 17.8. The van der Waals surface area contributed by atoms with E-state index in [9.17, 15) is 8.42 Å². The zero-order valence-corrected chi connectivity index (χ0v) is 20.5. The largest absolute Gasteiger partial charge is 0.378 e. The first-order valence-electron chi connectivity index (χ1n) is 11.2. The number of anilines is 1. The third-order valence-electron chi connectivity index (χ3n) is 6.08. The highest BCUT2D eigenvalue weighted by Gasteiger charge is 2.37. The maximum Gasteiger partial charge on any atom is 0.279 e. The van der Waals surface area contributed by atoms with Crippen LogP contribution in [-0.2, 0) is 10.0 Å². The quantitative estimate of drug-likeness (QED) is 0.402. The van der Waals surface area contributed by atoms with Crippen LogP contribution in [0.15, 0.2) is 95.4 Å². The van der Waals surface area contributed by atoms with Crippen LogP contribution in [0, 0.1) is 11.3 Å².